The molecule has 2 heterocycles. The number of ether oxygens (including phenoxy) is 1. The van der Waals surface area contributed by atoms with Crippen molar-refractivity contribution in [1.29, 1.82) is 0 Å². The van der Waals surface area contributed by atoms with E-state index in [1.54, 1.807) is 25.7 Å². The van der Waals surface area contributed by atoms with Gasteiger partial charge < -0.3 is 4.74 Å². The molecule has 4 aliphatic carbocycles. The molecule has 1 nitrogen and oxygen atoms in total. The van der Waals surface area contributed by atoms with Crippen LogP contribution in [0, 0.1) is 39.4 Å². The van der Waals surface area contributed by atoms with E-state index in [1.165, 1.54) is 51.4 Å². The van der Waals surface area contributed by atoms with Crippen molar-refractivity contribution in [3.8, 4) is 0 Å². The Labute approximate surface area is 154 Å². The summed E-state index contributed by atoms with van der Waals surface area (Å²) in [4.78, 5) is 0. The lowest BCUT2D eigenvalue weighted by atomic mass is 9.57. The molecule has 0 radical (unpaired) electrons. The second-order valence-corrected chi connectivity index (χ2v) is 12.7. The molecule has 4 bridgehead atoms. The molecule has 1 heteroatoms. The average molecular weight is 343 g/mol. The molecule has 6 rings (SSSR count). The molecule has 0 N–H and O–H groups in total. The van der Waals surface area contributed by atoms with Gasteiger partial charge in [0, 0.05) is 0 Å². The molecule has 0 aromatic rings. The summed E-state index contributed by atoms with van der Waals surface area (Å²) in [5, 5.41) is 0. The largest absolute Gasteiger partial charge is 0.374 e. The van der Waals surface area contributed by atoms with Crippen LogP contribution in [0.1, 0.15) is 97.8 Å². The van der Waals surface area contributed by atoms with Gasteiger partial charge in [0.1, 0.15) is 0 Å². The maximum atomic E-state index is 6.35. The van der Waals surface area contributed by atoms with Crippen molar-refractivity contribution < 1.29 is 4.74 Å². The number of hydrogen-bond acceptors (Lipinski definition) is 1. The molecule has 8 atom stereocenters. The average Bonchev–Trinajstić information content (AvgIpc) is 3.32. The van der Waals surface area contributed by atoms with E-state index in [0.29, 0.717) is 28.5 Å². The van der Waals surface area contributed by atoms with Crippen LogP contribution in [0.3, 0.4) is 0 Å². The minimum absolute atomic E-state index is 0.599. The summed E-state index contributed by atoms with van der Waals surface area (Å²) in [6.07, 6.45) is 19.2. The van der Waals surface area contributed by atoms with E-state index in [9.17, 15) is 0 Å². The Morgan fingerprint density at radius 2 is 1.56 bits per heavy atom. The number of rotatable bonds is 1. The van der Waals surface area contributed by atoms with E-state index in [1.807, 2.05) is 0 Å². The second kappa shape index (κ2) is 4.68. The van der Waals surface area contributed by atoms with Crippen LogP contribution < -0.4 is 0 Å². The highest BCUT2D eigenvalue weighted by molar-refractivity contribution is 5.15. The fourth-order valence-corrected chi connectivity index (χ4v) is 9.86. The molecule has 2 spiro atoms. The van der Waals surface area contributed by atoms with Crippen molar-refractivity contribution in [2.45, 2.75) is 110 Å². The normalized spacial score (nSPS) is 61.3. The van der Waals surface area contributed by atoms with Gasteiger partial charge in [0.15, 0.2) is 0 Å². The number of fused-ring (bicyclic) bond motifs is 6. The fraction of sp³-hybridized carbons (Fsp3) is 1.00. The second-order valence-electron chi connectivity index (χ2n) is 12.7. The lowest BCUT2D eigenvalue weighted by Gasteiger charge is -2.47. The van der Waals surface area contributed by atoms with Gasteiger partial charge in [-0.25, -0.2) is 0 Å². The van der Waals surface area contributed by atoms with Crippen LogP contribution in [0.4, 0.5) is 0 Å². The summed E-state index contributed by atoms with van der Waals surface area (Å²) >= 11 is 0. The standard InChI is InChI=1S/C24H38O/c1-21(2)6-8-23(14-21)12-16-10-18(19(23)11-16)22(3)7-9-24(15-22)13-17-4-5-20(24)25-17/h16-20H,4-15H2,1-3H3/t16?,17?,18-,19?,20?,22?,23?,24?/m0/s1. The van der Waals surface area contributed by atoms with Crippen molar-refractivity contribution in [1.82, 2.24) is 0 Å². The van der Waals surface area contributed by atoms with Crippen LogP contribution in [0.25, 0.3) is 0 Å². The monoisotopic (exact) mass is 342 g/mol. The van der Waals surface area contributed by atoms with Crippen molar-refractivity contribution in [3.63, 3.8) is 0 Å². The zero-order valence-corrected chi connectivity index (χ0v) is 16.8. The third kappa shape index (κ3) is 2.06. The first-order valence-electron chi connectivity index (χ1n) is 11.5. The summed E-state index contributed by atoms with van der Waals surface area (Å²) in [6, 6.07) is 0. The Hall–Kier alpha value is -0.0400. The van der Waals surface area contributed by atoms with Gasteiger partial charge in [-0.3, -0.25) is 0 Å². The Bertz CT molecular complexity index is 595. The highest BCUT2D eigenvalue weighted by atomic mass is 16.5. The van der Waals surface area contributed by atoms with Crippen LogP contribution in [0.15, 0.2) is 0 Å². The molecule has 6 aliphatic rings. The van der Waals surface area contributed by atoms with Crippen molar-refractivity contribution >= 4 is 0 Å². The topological polar surface area (TPSA) is 9.23 Å². The summed E-state index contributed by atoms with van der Waals surface area (Å²) in [5.74, 6) is 3.19. The highest BCUT2D eigenvalue weighted by Crippen LogP contribution is 2.73. The predicted octanol–water partition coefficient (Wildman–Crippen LogP) is 6.36. The Morgan fingerprint density at radius 1 is 0.760 bits per heavy atom. The van der Waals surface area contributed by atoms with E-state index in [4.69, 9.17) is 4.74 Å². The minimum Gasteiger partial charge on any atom is -0.374 e. The van der Waals surface area contributed by atoms with Crippen LogP contribution in [-0.4, -0.2) is 12.2 Å². The smallest absolute Gasteiger partial charge is 0.0637 e. The van der Waals surface area contributed by atoms with Crippen molar-refractivity contribution in [2.75, 3.05) is 0 Å². The zero-order valence-electron chi connectivity index (χ0n) is 16.8. The quantitative estimate of drug-likeness (QED) is 0.539. The van der Waals surface area contributed by atoms with Gasteiger partial charge >= 0.3 is 0 Å². The first-order valence-corrected chi connectivity index (χ1v) is 11.5. The van der Waals surface area contributed by atoms with Crippen LogP contribution in [0.5, 0.6) is 0 Å². The van der Waals surface area contributed by atoms with Gasteiger partial charge in [-0.05, 0) is 116 Å². The minimum atomic E-state index is 0.599. The third-order valence-electron chi connectivity index (χ3n) is 10.5. The van der Waals surface area contributed by atoms with E-state index < -0.39 is 0 Å². The van der Waals surface area contributed by atoms with Gasteiger partial charge in [-0.15, -0.1) is 0 Å². The molecular weight excluding hydrogens is 304 g/mol. The lowest BCUT2D eigenvalue weighted by molar-refractivity contribution is 0.0101. The highest BCUT2D eigenvalue weighted by Gasteiger charge is 2.65. The zero-order chi connectivity index (χ0) is 17.1. The Balaban J connectivity index is 1.27. The lowest BCUT2D eigenvalue weighted by Crippen LogP contribution is -2.40. The molecular formula is C24H38O. The maximum absolute atomic E-state index is 6.35. The van der Waals surface area contributed by atoms with Crippen molar-refractivity contribution in [3.05, 3.63) is 0 Å². The molecule has 0 aromatic carbocycles. The first-order chi connectivity index (χ1) is 11.8. The molecule has 0 aromatic heterocycles. The van der Waals surface area contributed by atoms with Gasteiger partial charge in [-0.1, -0.05) is 20.8 Å². The summed E-state index contributed by atoms with van der Waals surface area (Å²) in [6.45, 7) is 7.80. The molecule has 25 heavy (non-hydrogen) atoms. The molecule has 6 fully saturated rings. The fourth-order valence-electron chi connectivity index (χ4n) is 9.86. The summed E-state index contributed by atoms with van der Waals surface area (Å²) in [7, 11) is 0. The van der Waals surface area contributed by atoms with E-state index in [-0.39, 0.29) is 0 Å². The molecule has 4 saturated carbocycles. The van der Waals surface area contributed by atoms with Crippen LogP contribution >= 0.6 is 0 Å². The van der Waals surface area contributed by atoms with Crippen molar-refractivity contribution in [2.24, 2.45) is 39.4 Å². The molecule has 140 valence electrons. The van der Waals surface area contributed by atoms with Gasteiger partial charge in [0.05, 0.1) is 12.2 Å². The van der Waals surface area contributed by atoms with E-state index >= 15 is 0 Å². The summed E-state index contributed by atoms with van der Waals surface area (Å²) < 4.78 is 6.35. The summed E-state index contributed by atoms with van der Waals surface area (Å²) in [5.41, 5.74) is 2.60. The molecule has 2 aliphatic heterocycles. The third-order valence-corrected chi connectivity index (χ3v) is 10.5. The van der Waals surface area contributed by atoms with Crippen LogP contribution in [-0.2, 0) is 4.74 Å². The predicted molar refractivity (Wildman–Crippen MR) is 101 cm³/mol. The van der Waals surface area contributed by atoms with Crippen LogP contribution in [0.2, 0.25) is 0 Å². The van der Waals surface area contributed by atoms with E-state index in [0.717, 1.165) is 23.2 Å². The molecule has 7 unspecified atom stereocenters. The SMILES string of the molecule is CC1(C)CCC2(CC3CC2[C@@H](C2(C)CCC4(CC5CCC4O5)C2)C3)C1. The van der Waals surface area contributed by atoms with E-state index in [2.05, 4.69) is 20.8 Å². The Kier molecular flexibility index (Phi) is 2.99. The van der Waals surface area contributed by atoms with Gasteiger partial charge in [-0.2, -0.15) is 0 Å². The maximum Gasteiger partial charge on any atom is 0.0637 e. The van der Waals surface area contributed by atoms with Gasteiger partial charge in [0.25, 0.3) is 0 Å². The first kappa shape index (κ1) is 16.0. The Morgan fingerprint density at radius 3 is 2.20 bits per heavy atom. The molecule has 0 amide bonds. The number of hydrogen-bond donors (Lipinski definition) is 0. The van der Waals surface area contributed by atoms with Gasteiger partial charge in [0.2, 0.25) is 0 Å². The molecule has 2 saturated heterocycles.